The molecule has 0 radical (unpaired) electrons. The Morgan fingerprint density at radius 1 is 0.714 bits per heavy atom. The molecule has 2 aromatic rings. The maximum absolute atomic E-state index is 5.49. The van der Waals surface area contributed by atoms with Crippen molar-refractivity contribution in [1.29, 1.82) is 0 Å². The maximum atomic E-state index is 5.49. The lowest BCUT2D eigenvalue weighted by Crippen LogP contribution is -2.35. The third-order valence-electron chi connectivity index (χ3n) is 4.65. The van der Waals surface area contributed by atoms with Crippen molar-refractivity contribution in [2.24, 2.45) is 5.73 Å². The number of hydrogen-bond acceptors (Lipinski definition) is 4. The molecule has 2 rings (SSSR count). The van der Waals surface area contributed by atoms with E-state index in [1.165, 1.54) is 11.1 Å². The van der Waals surface area contributed by atoms with Gasteiger partial charge in [-0.2, -0.15) is 0 Å². The highest BCUT2D eigenvalue weighted by molar-refractivity contribution is 5.47. The number of nitrogens with zero attached hydrogens (tertiary/aromatic N) is 1. The van der Waals surface area contributed by atoms with Crippen LogP contribution in [0.2, 0.25) is 0 Å². The second-order valence-electron chi connectivity index (χ2n) is 6.89. The van der Waals surface area contributed by atoms with Gasteiger partial charge < -0.3 is 16.4 Å². The van der Waals surface area contributed by atoms with Crippen LogP contribution in [0.1, 0.15) is 22.3 Å². The van der Waals surface area contributed by atoms with E-state index < -0.39 is 0 Å². The van der Waals surface area contributed by atoms with Crippen LogP contribution in [0.4, 0.5) is 0 Å². The van der Waals surface area contributed by atoms with Crippen molar-refractivity contribution in [2.45, 2.75) is 13.1 Å². The third-order valence-corrected chi connectivity index (χ3v) is 4.65. The van der Waals surface area contributed by atoms with E-state index in [0.717, 1.165) is 56.9 Å². The van der Waals surface area contributed by atoms with Gasteiger partial charge in [-0.1, -0.05) is 73.8 Å². The molecule has 4 heteroatoms. The summed E-state index contributed by atoms with van der Waals surface area (Å²) in [6, 6.07) is 17.3. The first-order valence-electron chi connectivity index (χ1n) is 10.0. The van der Waals surface area contributed by atoms with E-state index in [4.69, 9.17) is 5.73 Å². The van der Waals surface area contributed by atoms with Crippen LogP contribution in [0.3, 0.4) is 0 Å². The molecule has 150 valence electrons. The van der Waals surface area contributed by atoms with Crippen molar-refractivity contribution >= 4 is 12.2 Å². The molecule has 0 saturated carbocycles. The van der Waals surface area contributed by atoms with E-state index in [0.29, 0.717) is 6.54 Å². The number of hydrogen-bond donors (Lipinski definition) is 3. The Bertz CT molecular complexity index is 638. The molecule has 2 aromatic carbocycles. The van der Waals surface area contributed by atoms with Crippen LogP contribution in [0.5, 0.6) is 0 Å². The van der Waals surface area contributed by atoms with Crippen molar-refractivity contribution in [3.8, 4) is 0 Å². The fraction of sp³-hybridized carbons (Fsp3) is 0.333. The second-order valence-corrected chi connectivity index (χ2v) is 6.89. The van der Waals surface area contributed by atoms with Gasteiger partial charge in [0.2, 0.25) is 0 Å². The topological polar surface area (TPSA) is 53.3 Å². The maximum Gasteiger partial charge on any atom is 0.0237 e. The molecule has 0 spiro atoms. The van der Waals surface area contributed by atoms with Crippen LogP contribution in [-0.4, -0.2) is 44.2 Å². The first kappa shape index (κ1) is 22.1. The zero-order chi connectivity index (χ0) is 20.0. The Balaban J connectivity index is 1.91. The van der Waals surface area contributed by atoms with Crippen LogP contribution in [0, 0.1) is 0 Å². The molecule has 28 heavy (non-hydrogen) atoms. The van der Waals surface area contributed by atoms with Gasteiger partial charge in [-0.3, -0.25) is 4.90 Å². The Labute approximate surface area is 170 Å². The van der Waals surface area contributed by atoms with Gasteiger partial charge in [0.05, 0.1) is 0 Å². The number of benzene rings is 2. The van der Waals surface area contributed by atoms with E-state index >= 15 is 0 Å². The van der Waals surface area contributed by atoms with Gasteiger partial charge in [-0.15, -0.1) is 0 Å². The van der Waals surface area contributed by atoms with Crippen LogP contribution >= 0.6 is 0 Å². The number of nitrogens with two attached hydrogens (primary N) is 1. The lowest BCUT2D eigenvalue weighted by Gasteiger charge is -2.23. The van der Waals surface area contributed by atoms with Gasteiger partial charge >= 0.3 is 0 Å². The molecule has 0 aromatic heterocycles. The standard InChI is InChI=1S/C24H34N4/c1-3-21-5-9-23(10-6-21)19-28(18-17-27-16-15-26-14-13-25)20-24-11-7-22(4-2)8-12-24/h3-12,26-27H,1-2,13-20,25H2. The van der Waals surface area contributed by atoms with E-state index in [9.17, 15) is 0 Å². The second kappa shape index (κ2) is 13.0. The van der Waals surface area contributed by atoms with E-state index in [-0.39, 0.29) is 0 Å². The van der Waals surface area contributed by atoms with Crippen molar-refractivity contribution in [3.63, 3.8) is 0 Å². The summed E-state index contributed by atoms with van der Waals surface area (Å²) in [5, 5.41) is 6.82. The highest BCUT2D eigenvalue weighted by Gasteiger charge is 2.07. The number of nitrogens with one attached hydrogen (secondary N) is 2. The molecule has 0 saturated heterocycles. The van der Waals surface area contributed by atoms with Gasteiger partial charge in [0, 0.05) is 52.4 Å². The predicted octanol–water partition coefficient (Wildman–Crippen LogP) is 3.11. The summed E-state index contributed by atoms with van der Waals surface area (Å²) < 4.78 is 0. The highest BCUT2D eigenvalue weighted by Crippen LogP contribution is 2.13. The molecule has 0 amide bonds. The fourth-order valence-electron chi connectivity index (χ4n) is 3.01. The van der Waals surface area contributed by atoms with Gasteiger partial charge in [0.1, 0.15) is 0 Å². The summed E-state index contributed by atoms with van der Waals surface area (Å²) in [7, 11) is 0. The normalized spacial score (nSPS) is 10.9. The minimum absolute atomic E-state index is 0.684. The summed E-state index contributed by atoms with van der Waals surface area (Å²) in [6.07, 6.45) is 3.76. The molecule has 0 aliphatic heterocycles. The zero-order valence-corrected chi connectivity index (χ0v) is 16.9. The molecule has 0 aliphatic carbocycles. The Morgan fingerprint density at radius 2 is 1.18 bits per heavy atom. The smallest absolute Gasteiger partial charge is 0.0237 e. The third kappa shape index (κ3) is 8.19. The zero-order valence-electron chi connectivity index (χ0n) is 16.9. The minimum Gasteiger partial charge on any atom is -0.329 e. The largest absolute Gasteiger partial charge is 0.329 e. The van der Waals surface area contributed by atoms with Crippen LogP contribution in [0.25, 0.3) is 12.2 Å². The van der Waals surface area contributed by atoms with Crippen LogP contribution in [-0.2, 0) is 13.1 Å². The molecular weight excluding hydrogens is 344 g/mol. The van der Waals surface area contributed by atoms with Crippen molar-refractivity contribution in [1.82, 2.24) is 15.5 Å². The van der Waals surface area contributed by atoms with E-state index in [1.807, 2.05) is 12.2 Å². The summed E-state index contributed by atoms with van der Waals surface area (Å²) in [4.78, 5) is 2.48. The molecule has 0 heterocycles. The monoisotopic (exact) mass is 378 g/mol. The molecule has 4 nitrogen and oxygen atoms in total. The molecule has 0 aliphatic rings. The average molecular weight is 379 g/mol. The van der Waals surface area contributed by atoms with Crippen molar-refractivity contribution in [3.05, 3.63) is 83.9 Å². The average Bonchev–Trinajstić information content (AvgIpc) is 2.74. The van der Waals surface area contributed by atoms with E-state index in [2.05, 4.69) is 77.2 Å². The van der Waals surface area contributed by atoms with Gasteiger partial charge in [0.15, 0.2) is 0 Å². The molecular formula is C24H34N4. The SMILES string of the molecule is C=Cc1ccc(CN(CCNCCNCCN)Cc2ccc(C=C)cc2)cc1. The van der Waals surface area contributed by atoms with Gasteiger partial charge in [-0.25, -0.2) is 0 Å². The summed E-state index contributed by atoms with van der Waals surface area (Å²) in [5.41, 5.74) is 10.4. The van der Waals surface area contributed by atoms with Gasteiger partial charge in [0.25, 0.3) is 0 Å². The molecule has 4 N–H and O–H groups in total. The van der Waals surface area contributed by atoms with Crippen molar-refractivity contribution in [2.75, 3.05) is 39.3 Å². The molecule has 0 bridgehead atoms. The van der Waals surface area contributed by atoms with Crippen molar-refractivity contribution < 1.29 is 0 Å². The predicted molar refractivity (Wildman–Crippen MR) is 122 cm³/mol. The highest BCUT2D eigenvalue weighted by atomic mass is 15.1. The van der Waals surface area contributed by atoms with Gasteiger partial charge in [-0.05, 0) is 22.3 Å². The summed E-state index contributed by atoms with van der Waals surface area (Å²) in [6.45, 7) is 14.9. The first-order valence-corrected chi connectivity index (χ1v) is 10.0. The van der Waals surface area contributed by atoms with E-state index in [1.54, 1.807) is 0 Å². The van der Waals surface area contributed by atoms with Crippen LogP contribution < -0.4 is 16.4 Å². The molecule has 0 fully saturated rings. The van der Waals surface area contributed by atoms with Crippen LogP contribution in [0.15, 0.2) is 61.7 Å². The molecule has 0 atom stereocenters. The Hall–Kier alpha value is -2.24. The quantitative estimate of drug-likeness (QED) is 0.442. The first-order chi connectivity index (χ1) is 13.7. The summed E-state index contributed by atoms with van der Waals surface area (Å²) in [5.74, 6) is 0. The summed E-state index contributed by atoms with van der Waals surface area (Å²) >= 11 is 0. The fourth-order valence-corrected chi connectivity index (χ4v) is 3.01. The molecule has 0 unspecified atom stereocenters. The number of rotatable bonds is 14. The lowest BCUT2D eigenvalue weighted by atomic mass is 10.1. The Morgan fingerprint density at radius 3 is 1.61 bits per heavy atom. The Kier molecular flexibility index (Phi) is 10.3. The minimum atomic E-state index is 0.684. The lowest BCUT2D eigenvalue weighted by molar-refractivity contribution is 0.256.